The number of amides is 1. The SMILES string of the molecule is Cc1cc(NC(=O)C[C@H]2COC(=O)C2)ccc1C(F)(F)F. The largest absolute Gasteiger partial charge is 0.465 e. The number of hydrogen-bond acceptors (Lipinski definition) is 3. The molecular formula is C14H14F3NO3. The number of anilines is 1. The molecule has 1 aliphatic rings. The number of alkyl halides is 3. The van der Waals surface area contributed by atoms with Crippen LogP contribution in [0.5, 0.6) is 0 Å². The summed E-state index contributed by atoms with van der Waals surface area (Å²) < 4.78 is 42.6. The molecule has 0 saturated carbocycles. The first-order chi connectivity index (χ1) is 9.75. The van der Waals surface area contributed by atoms with Gasteiger partial charge in [-0.2, -0.15) is 13.2 Å². The smallest absolute Gasteiger partial charge is 0.416 e. The minimum Gasteiger partial charge on any atom is -0.465 e. The van der Waals surface area contributed by atoms with Crippen molar-refractivity contribution in [2.75, 3.05) is 11.9 Å². The molecule has 1 aromatic rings. The van der Waals surface area contributed by atoms with Crippen molar-refractivity contribution < 1.29 is 27.5 Å². The van der Waals surface area contributed by atoms with Crippen LogP contribution in [0.25, 0.3) is 0 Å². The van der Waals surface area contributed by atoms with Crippen LogP contribution in [0.4, 0.5) is 18.9 Å². The van der Waals surface area contributed by atoms with E-state index in [-0.39, 0.29) is 42.8 Å². The second-order valence-electron chi connectivity index (χ2n) is 5.03. The number of rotatable bonds is 3. The lowest BCUT2D eigenvalue weighted by molar-refractivity contribution is -0.138. The third-order valence-corrected chi connectivity index (χ3v) is 3.22. The van der Waals surface area contributed by atoms with Gasteiger partial charge in [0.15, 0.2) is 0 Å². The van der Waals surface area contributed by atoms with Crippen molar-refractivity contribution >= 4 is 17.6 Å². The van der Waals surface area contributed by atoms with Crippen LogP contribution < -0.4 is 5.32 Å². The topological polar surface area (TPSA) is 55.4 Å². The van der Waals surface area contributed by atoms with E-state index in [4.69, 9.17) is 4.74 Å². The second kappa shape index (κ2) is 5.75. The zero-order chi connectivity index (χ0) is 15.6. The molecule has 1 saturated heterocycles. The molecule has 1 heterocycles. The van der Waals surface area contributed by atoms with Gasteiger partial charge in [-0.1, -0.05) is 0 Å². The van der Waals surface area contributed by atoms with E-state index in [1.807, 2.05) is 0 Å². The van der Waals surface area contributed by atoms with Gasteiger partial charge in [-0.05, 0) is 30.7 Å². The minimum absolute atomic E-state index is 0.0414. The van der Waals surface area contributed by atoms with E-state index >= 15 is 0 Å². The molecule has 1 atom stereocenters. The lowest BCUT2D eigenvalue weighted by Gasteiger charge is -2.13. The number of halogens is 3. The standard InChI is InChI=1S/C14H14F3NO3/c1-8-4-10(2-3-11(8)14(15,16)17)18-12(19)5-9-6-13(20)21-7-9/h2-4,9H,5-7H2,1H3,(H,18,19)/t9-/m1/s1. The van der Waals surface area contributed by atoms with E-state index in [1.54, 1.807) is 0 Å². The quantitative estimate of drug-likeness (QED) is 0.873. The average Bonchev–Trinajstić information content (AvgIpc) is 2.72. The summed E-state index contributed by atoms with van der Waals surface area (Å²) in [5, 5.41) is 2.53. The number of carbonyl (C=O) groups excluding carboxylic acids is 2. The molecular weight excluding hydrogens is 287 g/mol. The molecule has 1 aromatic carbocycles. The Bertz CT molecular complexity index is 569. The van der Waals surface area contributed by atoms with Crippen molar-refractivity contribution in [2.45, 2.75) is 25.9 Å². The highest BCUT2D eigenvalue weighted by Gasteiger charge is 2.32. The summed E-state index contributed by atoms with van der Waals surface area (Å²) in [6.45, 7) is 1.54. The van der Waals surface area contributed by atoms with Gasteiger partial charge >= 0.3 is 12.1 Å². The van der Waals surface area contributed by atoms with Crippen molar-refractivity contribution in [2.24, 2.45) is 5.92 Å². The van der Waals surface area contributed by atoms with Crippen molar-refractivity contribution in [3.63, 3.8) is 0 Å². The lowest BCUT2D eigenvalue weighted by atomic mass is 10.0. The predicted octanol–water partition coefficient (Wildman–Crippen LogP) is 2.91. The second-order valence-corrected chi connectivity index (χ2v) is 5.03. The Hall–Kier alpha value is -2.05. The molecule has 0 bridgehead atoms. The Balaban J connectivity index is 1.98. The normalized spacial score (nSPS) is 18.5. The van der Waals surface area contributed by atoms with Gasteiger partial charge < -0.3 is 10.1 Å². The van der Waals surface area contributed by atoms with Gasteiger partial charge in [0, 0.05) is 18.0 Å². The van der Waals surface area contributed by atoms with E-state index in [0.29, 0.717) is 5.69 Å². The van der Waals surface area contributed by atoms with Crippen LogP contribution in [-0.2, 0) is 20.5 Å². The van der Waals surface area contributed by atoms with Crippen molar-refractivity contribution in [1.82, 2.24) is 0 Å². The average molecular weight is 301 g/mol. The minimum atomic E-state index is -4.41. The maximum Gasteiger partial charge on any atom is 0.416 e. The summed E-state index contributed by atoms with van der Waals surface area (Å²) in [5.74, 6) is -0.858. The van der Waals surface area contributed by atoms with Crippen LogP contribution in [0, 0.1) is 12.8 Å². The van der Waals surface area contributed by atoms with Crippen LogP contribution in [0.3, 0.4) is 0 Å². The summed E-state index contributed by atoms with van der Waals surface area (Å²) in [6.07, 6.45) is -4.11. The molecule has 0 aromatic heterocycles. The van der Waals surface area contributed by atoms with Crippen LogP contribution >= 0.6 is 0 Å². The number of carbonyl (C=O) groups is 2. The zero-order valence-electron chi connectivity index (χ0n) is 11.3. The molecule has 1 fully saturated rings. The van der Waals surface area contributed by atoms with Crippen molar-refractivity contribution in [3.8, 4) is 0 Å². The molecule has 1 aliphatic heterocycles. The maximum atomic E-state index is 12.6. The number of ether oxygens (including phenoxy) is 1. The molecule has 2 rings (SSSR count). The first-order valence-electron chi connectivity index (χ1n) is 6.39. The first-order valence-corrected chi connectivity index (χ1v) is 6.39. The van der Waals surface area contributed by atoms with Gasteiger partial charge in [-0.3, -0.25) is 9.59 Å². The van der Waals surface area contributed by atoms with Gasteiger partial charge in [0.05, 0.1) is 18.6 Å². The Morgan fingerprint density at radius 3 is 2.67 bits per heavy atom. The molecule has 114 valence electrons. The summed E-state index contributed by atoms with van der Waals surface area (Å²) in [4.78, 5) is 22.7. The Morgan fingerprint density at radius 2 is 2.14 bits per heavy atom. The van der Waals surface area contributed by atoms with E-state index in [0.717, 1.165) is 6.07 Å². The molecule has 0 spiro atoms. The van der Waals surface area contributed by atoms with E-state index in [1.165, 1.54) is 19.1 Å². The van der Waals surface area contributed by atoms with E-state index in [2.05, 4.69) is 5.32 Å². The predicted molar refractivity (Wildman–Crippen MR) is 68.5 cm³/mol. The molecule has 0 aliphatic carbocycles. The monoisotopic (exact) mass is 301 g/mol. The van der Waals surface area contributed by atoms with Crippen LogP contribution in [0.2, 0.25) is 0 Å². The molecule has 4 nitrogen and oxygen atoms in total. The number of esters is 1. The number of cyclic esters (lactones) is 1. The van der Waals surface area contributed by atoms with E-state index in [9.17, 15) is 22.8 Å². The molecule has 7 heteroatoms. The highest BCUT2D eigenvalue weighted by molar-refractivity contribution is 5.91. The Morgan fingerprint density at radius 1 is 1.43 bits per heavy atom. The van der Waals surface area contributed by atoms with Crippen LogP contribution in [0.15, 0.2) is 18.2 Å². The highest BCUT2D eigenvalue weighted by atomic mass is 19.4. The molecule has 0 radical (unpaired) electrons. The van der Waals surface area contributed by atoms with Crippen LogP contribution in [-0.4, -0.2) is 18.5 Å². The van der Waals surface area contributed by atoms with Gasteiger partial charge in [-0.15, -0.1) is 0 Å². The summed E-state index contributed by atoms with van der Waals surface area (Å²) in [5.41, 5.74) is -0.384. The third kappa shape index (κ3) is 3.96. The molecule has 0 unspecified atom stereocenters. The number of aryl methyl sites for hydroxylation is 1. The fraction of sp³-hybridized carbons (Fsp3) is 0.429. The fourth-order valence-electron chi connectivity index (χ4n) is 2.23. The van der Waals surface area contributed by atoms with Gasteiger partial charge in [0.25, 0.3) is 0 Å². The lowest BCUT2D eigenvalue weighted by Crippen LogP contribution is -2.17. The molecule has 1 amide bonds. The zero-order valence-corrected chi connectivity index (χ0v) is 11.3. The van der Waals surface area contributed by atoms with Crippen LogP contribution in [0.1, 0.15) is 24.0 Å². The Labute approximate surface area is 119 Å². The molecule has 1 N–H and O–H groups in total. The maximum absolute atomic E-state index is 12.6. The third-order valence-electron chi connectivity index (χ3n) is 3.22. The van der Waals surface area contributed by atoms with Crippen molar-refractivity contribution in [3.05, 3.63) is 29.3 Å². The summed E-state index contributed by atoms with van der Waals surface area (Å²) >= 11 is 0. The van der Waals surface area contributed by atoms with Gasteiger partial charge in [0.2, 0.25) is 5.91 Å². The van der Waals surface area contributed by atoms with Gasteiger partial charge in [-0.25, -0.2) is 0 Å². The van der Waals surface area contributed by atoms with Crippen molar-refractivity contribution in [1.29, 1.82) is 0 Å². The van der Waals surface area contributed by atoms with Gasteiger partial charge in [0.1, 0.15) is 0 Å². The highest BCUT2D eigenvalue weighted by Crippen LogP contribution is 2.33. The summed E-state index contributed by atoms with van der Waals surface area (Å²) in [6, 6.07) is 3.42. The Kier molecular flexibility index (Phi) is 4.20. The van der Waals surface area contributed by atoms with E-state index < -0.39 is 11.7 Å². The number of nitrogens with one attached hydrogen (secondary N) is 1. The number of hydrogen-bond donors (Lipinski definition) is 1. The first kappa shape index (κ1) is 15.3. The fourth-order valence-corrected chi connectivity index (χ4v) is 2.23. The number of benzene rings is 1. The molecule has 21 heavy (non-hydrogen) atoms. The summed E-state index contributed by atoms with van der Waals surface area (Å²) in [7, 11) is 0.